The molecule has 0 fully saturated rings. The highest BCUT2D eigenvalue weighted by Gasteiger charge is 2.16. The summed E-state index contributed by atoms with van der Waals surface area (Å²) < 4.78 is 1.83. The van der Waals surface area contributed by atoms with Crippen molar-refractivity contribution >= 4 is 0 Å². The van der Waals surface area contributed by atoms with Crippen LogP contribution in [-0.2, 0) is 20.0 Å². The number of rotatable bonds is 1. The number of nitrogens with one attached hydrogen (secondary N) is 2. The molecule has 0 amide bonds. The van der Waals surface area contributed by atoms with E-state index >= 15 is 0 Å². The molecule has 0 aromatic carbocycles. The highest BCUT2D eigenvalue weighted by molar-refractivity contribution is 5.44. The first-order valence-electron chi connectivity index (χ1n) is 5.56. The van der Waals surface area contributed by atoms with Gasteiger partial charge < -0.3 is 14.9 Å². The van der Waals surface area contributed by atoms with E-state index in [-0.39, 0.29) is 5.56 Å². The van der Waals surface area contributed by atoms with Gasteiger partial charge in [-0.15, -0.1) is 0 Å². The summed E-state index contributed by atoms with van der Waals surface area (Å²) in [5.74, 6) is 1.21. The quantitative estimate of drug-likeness (QED) is 0.713. The number of hydrogen-bond donors (Lipinski definition) is 2. The molecule has 0 saturated heterocycles. The molecule has 17 heavy (non-hydrogen) atoms. The van der Waals surface area contributed by atoms with Crippen molar-refractivity contribution in [1.82, 2.24) is 24.8 Å². The predicted molar refractivity (Wildman–Crippen MR) is 62.5 cm³/mol. The molecule has 0 spiro atoms. The zero-order valence-electron chi connectivity index (χ0n) is 9.53. The molecule has 2 N–H and O–H groups in total. The van der Waals surface area contributed by atoms with Crippen LogP contribution in [0.25, 0.3) is 11.6 Å². The summed E-state index contributed by atoms with van der Waals surface area (Å²) >= 11 is 0. The van der Waals surface area contributed by atoms with Gasteiger partial charge in [0.05, 0.1) is 5.69 Å². The largest absolute Gasteiger partial charge is 0.331 e. The number of hydrogen-bond acceptors (Lipinski definition) is 4. The second kappa shape index (κ2) is 3.81. The predicted octanol–water partition coefficient (Wildman–Crippen LogP) is -0.184. The molecule has 1 aliphatic rings. The van der Waals surface area contributed by atoms with Crippen molar-refractivity contribution in [3.63, 3.8) is 0 Å². The summed E-state index contributed by atoms with van der Waals surface area (Å²) in [6.07, 6.45) is 4.25. The normalized spacial score (nSPS) is 14.6. The van der Waals surface area contributed by atoms with Crippen LogP contribution in [0, 0.1) is 0 Å². The lowest BCUT2D eigenvalue weighted by Crippen LogP contribution is -2.31. The van der Waals surface area contributed by atoms with E-state index in [1.165, 1.54) is 0 Å². The minimum absolute atomic E-state index is 0.0468. The van der Waals surface area contributed by atoms with Gasteiger partial charge in [-0.1, -0.05) is 0 Å². The smallest absolute Gasteiger partial charge is 0.254 e. The van der Waals surface area contributed by atoms with Gasteiger partial charge >= 0.3 is 0 Å². The molecule has 6 nitrogen and oxygen atoms in total. The van der Waals surface area contributed by atoms with Crippen molar-refractivity contribution in [3.8, 4) is 11.6 Å². The van der Waals surface area contributed by atoms with Crippen LogP contribution < -0.4 is 10.9 Å². The molecule has 0 saturated carbocycles. The highest BCUT2D eigenvalue weighted by Crippen LogP contribution is 2.13. The Balaban J connectivity index is 2.17. The van der Waals surface area contributed by atoms with E-state index in [0.29, 0.717) is 18.2 Å². The minimum atomic E-state index is -0.0468. The number of aryl methyl sites for hydroxylation is 1. The van der Waals surface area contributed by atoms with Gasteiger partial charge in [0.15, 0.2) is 11.6 Å². The molecule has 0 atom stereocenters. The van der Waals surface area contributed by atoms with E-state index < -0.39 is 0 Å². The number of fused-ring (bicyclic) bond motifs is 1. The monoisotopic (exact) mass is 231 g/mol. The topological polar surface area (TPSA) is 75.6 Å². The lowest BCUT2D eigenvalue weighted by Gasteiger charge is -2.15. The Hall–Kier alpha value is -1.95. The number of aromatic amines is 1. The van der Waals surface area contributed by atoms with Crippen LogP contribution in [0.4, 0.5) is 0 Å². The molecular weight excluding hydrogens is 218 g/mol. The Labute approximate surface area is 97.7 Å². The molecule has 88 valence electrons. The molecule has 3 rings (SSSR count). The maximum absolute atomic E-state index is 11.9. The first-order chi connectivity index (χ1) is 8.25. The standard InChI is InChI=1S/C11H13N5O/c1-16-5-4-13-10(16)9-14-8-6-12-3-2-7(8)11(17)15-9/h4-5,12H,2-3,6H2,1H3,(H,14,15,17). The molecular formula is C11H13N5O. The van der Waals surface area contributed by atoms with Gasteiger partial charge in [-0.25, -0.2) is 9.97 Å². The molecule has 0 unspecified atom stereocenters. The Kier molecular flexibility index (Phi) is 2.29. The van der Waals surface area contributed by atoms with Crippen molar-refractivity contribution < 1.29 is 0 Å². The number of nitrogens with zero attached hydrogens (tertiary/aromatic N) is 3. The summed E-state index contributed by atoms with van der Waals surface area (Å²) in [7, 11) is 1.88. The zero-order chi connectivity index (χ0) is 11.8. The summed E-state index contributed by atoms with van der Waals surface area (Å²) in [5, 5.41) is 3.21. The Morgan fingerprint density at radius 2 is 2.35 bits per heavy atom. The van der Waals surface area contributed by atoms with E-state index in [1.807, 2.05) is 17.8 Å². The van der Waals surface area contributed by atoms with Gasteiger partial charge in [0, 0.05) is 31.5 Å². The van der Waals surface area contributed by atoms with E-state index in [4.69, 9.17) is 0 Å². The molecule has 3 heterocycles. The van der Waals surface area contributed by atoms with E-state index in [9.17, 15) is 4.79 Å². The van der Waals surface area contributed by atoms with Gasteiger partial charge in [0.2, 0.25) is 0 Å². The van der Waals surface area contributed by atoms with Gasteiger partial charge in [-0.05, 0) is 13.0 Å². The molecule has 2 aromatic rings. The van der Waals surface area contributed by atoms with Crippen LogP contribution in [0.1, 0.15) is 11.3 Å². The van der Waals surface area contributed by atoms with Crippen molar-refractivity contribution in [2.24, 2.45) is 7.05 Å². The maximum Gasteiger partial charge on any atom is 0.254 e. The van der Waals surface area contributed by atoms with Crippen LogP contribution in [0.15, 0.2) is 17.2 Å². The van der Waals surface area contributed by atoms with E-state index in [1.54, 1.807) is 6.20 Å². The molecule has 0 radical (unpaired) electrons. The molecule has 0 aliphatic carbocycles. The third-order valence-electron chi connectivity index (χ3n) is 2.98. The fourth-order valence-electron chi connectivity index (χ4n) is 2.07. The van der Waals surface area contributed by atoms with Gasteiger partial charge in [0.1, 0.15) is 0 Å². The third kappa shape index (κ3) is 1.66. The van der Waals surface area contributed by atoms with Crippen LogP contribution >= 0.6 is 0 Å². The fraction of sp³-hybridized carbons (Fsp3) is 0.364. The molecule has 0 bridgehead atoms. The Morgan fingerprint density at radius 1 is 1.47 bits per heavy atom. The Bertz CT molecular complexity index is 613. The van der Waals surface area contributed by atoms with Crippen molar-refractivity contribution in [2.75, 3.05) is 6.54 Å². The lowest BCUT2D eigenvalue weighted by atomic mass is 10.1. The second-order valence-electron chi connectivity index (χ2n) is 4.13. The maximum atomic E-state index is 11.9. The van der Waals surface area contributed by atoms with Crippen molar-refractivity contribution in [2.45, 2.75) is 13.0 Å². The van der Waals surface area contributed by atoms with Crippen LogP contribution in [0.2, 0.25) is 0 Å². The van der Waals surface area contributed by atoms with E-state index in [2.05, 4.69) is 20.3 Å². The number of imidazole rings is 1. The van der Waals surface area contributed by atoms with Crippen molar-refractivity contribution in [3.05, 3.63) is 34.0 Å². The summed E-state index contributed by atoms with van der Waals surface area (Å²) in [6, 6.07) is 0. The van der Waals surface area contributed by atoms with E-state index in [0.717, 1.165) is 24.2 Å². The van der Waals surface area contributed by atoms with Crippen molar-refractivity contribution in [1.29, 1.82) is 0 Å². The highest BCUT2D eigenvalue weighted by atomic mass is 16.1. The molecule has 1 aliphatic heterocycles. The summed E-state index contributed by atoms with van der Waals surface area (Å²) in [5.41, 5.74) is 1.58. The first kappa shape index (κ1) is 10.2. The van der Waals surface area contributed by atoms with Gasteiger partial charge in [-0.3, -0.25) is 4.79 Å². The fourth-order valence-corrected chi connectivity index (χ4v) is 2.07. The average Bonchev–Trinajstić information content (AvgIpc) is 2.75. The minimum Gasteiger partial charge on any atom is -0.331 e. The van der Waals surface area contributed by atoms with Gasteiger partial charge in [-0.2, -0.15) is 0 Å². The summed E-state index contributed by atoms with van der Waals surface area (Å²) in [6.45, 7) is 1.48. The lowest BCUT2D eigenvalue weighted by molar-refractivity contribution is 0.618. The van der Waals surface area contributed by atoms with Crippen LogP contribution in [0.5, 0.6) is 0 Å². The zero-order valence-corrected chi connectivity index (χ0v) is 9.53. The Morgan fingerprint density at radius 3 is 3.12 bits per heavy atom. The third-order valence-corrected chi connectivity index (χ3v) is 2.98. The molecule has 6 heteroatoms. The van der Waals surface area contributed by atoms with Gasteiger partial charge in [0.25, 0.3) is 5.56 Å². The summed E-state index contributed by atoms with van der Waals surface area (Å²) in [4.78, 5) is 23.4. The number of aromatic nitrogens is 4. The molecule has 2 aromatic heterocycles. The SMILES string of the molecule is Cn1ccnc1-c1nc2c(c(=O)[nH]1)CCNC2. The number of H-pyrrole nitrogens is 1. The first-order valence-corrected chi connectivity index (χ1v) is 5.56. The van der Waals surface area contributed by atoms with Crippen LogP contribution in [0.3, 0.4) is 0 Å². The second-order valence-corrected chi connectivity index (χ2v) is 4.13. The average molecular weight is 231 g/mol. The van der Waals surface area contributed by atoms with Crippen LogP contribution in [-0.4, -0.2) is 26.1 Å².